The number of aromatic nitrogens is 2. The smallest absolute Gasteiger partial charge is 0.257 e. The summed E-state index contributed by atoms with van der Waals surface area (Å²) in [7, 11) is 1.61. The van der Waals surface area contributed by atoms with E-state index in [1.165, 1.54) is 5.69 Å². The molecule has 45 heavy (non-hydrogen) atoms. The number of nitrogens with one attached hydrogen (secondary N) is 2. The van der Waals surface area contributed by atoms with Crippen LogP contribution in [0.5, 0.6) is 11.5 Å². The van der Waals surface area contributed by atoms with Crippen LogP contribution in [0.15, 0.2) is 83.3 Å². The van der Waals surface area contributed by atoms with Crippen molar-refractivity contribution in [1.82, 2.24) is 10.2 Å². The zero-order chi connectivity index (χ0) is 30.8. The molecule has 3 heterocycles. The minimum Gasteiger partial charge on any atom is -0.496 e. The second kappa shape index (κ2) is 12.3. The molecule has 2 aliphatic rings. The van der Waals surface area contributed by atoms with E-state index < -0.39 is 0 Å². The van der Waals surface area contributed by atoms with Crippen molar-refractivity contribution in [3.05, 3.63) is 95.9 Å². The molecule has 0 bridgehead atoms. The Labute approximate surface area is 260 Å². The van der Waals surface area contributed by atoms with E-state index in [9.17, 15) is 4.79 Å². The van der Waals surface area contributed by atoms with E-state index in [1.54, 1.807) is 14.0 Å². The third kappa shape index (κ3) is 6.05. The Hall–Kier alpha value is -5.35. The number of morpholine rings is 1. The summed E-state index contributed by atoms with van der Waals surface area (Å²) < 4.78 is 22.7. The molecule has 2 N–H and O–H groups in total. The first-order valence-electron chi connectivity index (χ1n) is 14.9. The summed E-state index contributed by atoms with van der Waals surface area (Å²) in [6.45, 7) is 5.60. The molecule has 1 amide bonds. The van der Waals surface area contributed by atoms with Crippen LogP contribution < -0.4 is 25.0 Å². The Bertz CT molecular complexity index is 1850. The second-order valence-electron chi connectivity index (χ2n) is 11.0. The average Bonchev–Trinajstić information content (AvgIpc) is 3.46. The molecule has 0 atom stereocenters. The quantitative estimate of drug-likeness (QED) is 0.206. The van der Waals surface area contributed by atoms with Crippen LogP contribution in [0.4, 0.5) is 22.7 Å². The van der Waals surface area contributed by atoms with Crippen molar-refractivity contribution in [1.29, 1.82) is 0 Å². The maximum Gasteiger partial charge on any atom is 0.257 e. The largest absolute Gasteiger partial charge is 0.496 e. The molecule has 0 aliphatic carbocycles. The van der Waals surface area contributed by atoms with Gasteiger partial charge in [0.2, 0.25) is 5.89 Å². The van der Waals surface area contributed by atoms with E-state index in [0.717, 1.165) is 65.8 Å². The lowest BCUT2D eigenvalue weighted by molar-refractivity contribution is 0.102. The molecule has 10 heteroatoms. The van der Waals surface area contributed by atoms with Gasteiger partial charge in [-0.2, -0.15) is 0 Å². The monoisotopic (exact) mass is 603 g/mol. The predicted octanol–water partition coefficient (Wildman–Crippen LogP) is 6.49. The van der Waals surface area contributed by atoms with Crippen LogP contribution in [0.1, 0.15) is 21.8 Å². The number of methoxy groups -OCH3 is 1. The van der Waals surface area contributed by atoms with Gasteiger partial charge >= 0.3 is 0 Å². The number of hydrogen-bond donors (Lipinski definition) is 2. The predicted molar refractivity (Wildman–Crippen MR) is 173 cm³/mol. The van der Waals surface area contributed by atoms with Crippen molar-refractivity contribution in [3.63, 3.8) is 0 Å². The van der Waals surface area contributed by atoms with Crippen LogP contribution >= 0.6 is 0 Å². The number of carbonyl (C=O) groups excluding carboxylic acids is 1. The average molecular weight is 604 g/mol. The zero-order valence-electron chi connectivity index (χ0n) is 25.1. The molecular formula is C35H33N5O5. The number of nitrogens with zero attached hydrogens (tertiary/aromatic N) is 3. The molecule has 0 saturated carbocycles. The van der Waals surface area contributed by atoms with Crippen molar-refractivity contribution in [2.24, 2.45) is 0 Å². The topological polar surface area (TPSA) is 111 Å². The van der Waals surface area contributed by atoms with Gasteiger partial charge in [0.05, 0.1) is 55.1 Å². The maximum absolute atomic E-state index is 13.2. The summed E-state index contributed by atoms with van der Waals surface area (Å²) >= 11 is 0. The lowest BCUT2D eigenvalue weighted by Crippen LogP contribution is -2.36. The van der Waals surface area contributed by atoms with Crippen molar-refractivity contribution < 1.29 is 23.4 Å². The number of carbonyl (C=O) groups is 1. The minimum atomic E-state index is -0.170. The van der Waals surface area contributed by atoms with E-state index in [4.69, 9.17) is 18.6 Å². The van der Waals surface area contributed by atoms with Crippen molar-refractivity contribution in [2.75, 3.05) is 55.6 Å². The molecule has 228 valence electrons. The van der Waals surface area contributed by atoms with E-state index in [1.807, 2.05) is 60.7 Å². The van der Waals surface area contributed by atoms with Gasteiger partial charge in [-0.15, -0.1) is 10.2 Å². The fourth-order valence-electron chi connectivity index (χ4n) is 5.63. The zero-order valence-corrected chi connectivity index (χ0v) is 25.1. The fraction of sp³-hybridized carbons (Fsp3) is 0.229. The molecule has 0 spiro atoms. The van der Waals surface area contributed by atoms with Crippen molar-refractivity contribution in [3.8, 4) is 34.1 Å². The molecule has 5 aromatic rings. The Balaban J connectivity index is 1.04. The highest BCUT2D eigenvalue weighted by atomic mass is 16.5. The van der Waals surface area contributed by atoms with Gasteiger partial charge in [0.15, 0.2) is 0 Å². The summed E-state index contributed by atoms with van der Waals surface area (Å²) in [5.74, 6) is 2.16. The number of ether oxygens (including phenoxy) is 3. The first-order chi connectivity index (χ1) is 22.0. The third-order valence-corrected chi connectivity index (χ3v) is 8.03. The highest BCUT2D eigenvalue weighted by Crippen LogP contribution is 2.38. The van der Waals surface area contributed by atoms with Crippen LogP contribution in [0.3, 0.4) is 0 Å². The highest BCUT2D eigenvalue weighted by Gasteiger charge is 2.21. The van der Waals surface area contributed by atoms with E-state index in [0.29, 0.717) is 41.7 Å². The Morgan fingerprint density at radius 3 is 2.36 bits per heavy atom. The Kier molecular flexibility index (Phi) is 7.79. The normalized spacial score (nSPS) is 14.1. The summed E-state index contributed by atoms with van der Waals surface area (Å²) in [6.07, 6.45) is 0.701. The number of amides is 1. The first kappa shape index (κ1) is 28.4. The van der Waals surface area contributed by atoms with Crippen LogP contribution in [0, 0.1) is 6.92 Å². The molecule has 1 saturated heterocycles. The van der Waals surface area contributed by atoms with E-state index in [-0.39, 0.29) is 5.91 Å². The summed E-state index contributed by atoms with van der Waals surface area (Å²) in [5, 5.41) is 14.6. The van der Waals surface area contributed by atoms with Crippen molar-refractivity contribution >= 4 is 28.7 Å². The highest BCUT2D eigenvalue weighted by molar-refractivity contribution is 6.12. The fourth-order valence-corrected chi connectivity index (χ4v) is 5.63. The molecular weight excluding hydrogens is 570 g/mol. The number of hydrogen-bond acceptors (Lipinski definition) is 9. The third-order valence-electron chi connectivity index (χ3n) is 8.03. The van der Waals surface area contributed by atoms with Gasteiger partial charge in [0.25, 0.3) is 11.8 Å². The van der Waals surface area contributed by atoms with Gasteiger partial charge in [0.1, 0.15) is 11.5 Å². The SMILES string of the molecule is COc1cc(-c2ccc3c(c2)Nc2ccc(CCOc4ccc(N5CCOCC5)cc4)cc2NC3=O)ccc1-c1nnc(C)o1. The number of aryl methyl sites for hydroxylation is 1. The van der Waals surface area contributed by atoms with Crippen molar-refractivity contribution in [2.45, 2.75) is 13.3 Å². The molecule has 0 radical (unpaired) electrons. The number of fused-ring (bicyclic) bond motifs is 2. The summed E-state index contributed by atoms with van der Waals surface area (Å²) in [6, 6.07) is 25.8. The Morgan fingerprint density at radius 2 is 1.60 bits per heavy atom. The minimum absolute atomic E-state index is 0.170. The molecule has 1 fully saturated rings. The molecule has 2 aliphatic heterocycles. The van der Waals surface area contributed by atoms with Gasteiger partial charge in [-0.25, -0.2) is 0 Å². The van der Waals surface area contributed by atoms with Crippen LogP contribution in [-0.4, -0.2) is 56.1 Å². The first-order valence-corrected chi connectivity index (χ1v) is 14.9. The van der Waals surface area contributed by atoms with Gasteiger partial charge in [-0.3, -0.25) is 4.79 Å². The standard InChI is InChI=1S/C35H33N5O5/c1-22-38-39-35(45-22)29-11-5-25(21-33(29)42-2)24-4-10-28-31(20-24)36-30-12-3-23(19-32(30)37-34(28)41)13-16-44-27-8-6-26(7-9-27)40-14-17-43-18-15-40/h3-12,19-21,36H,13-18H2,1-2H3,(H,37,41). The molecule has 0 unspecified atom stereocenters. The number of rotatable bonds is 8. The maximum atomic E-state index is 13.2. The van der Waals surface area contributed by atoms with Crippen LogP contribution in [0.2, 0.25) is 0 Å². The van der Waals surface area contributed by atoms with Gasteiger partial charge in [-0.05, 0) is 77.4 Å². The van der Waals surface area contributed by atoms with Crippen LogP contribution in [-0.2, 0) is 11.2 Å². The summed E-state index contributed by atoms with van der Waals surface area (Å²) in [4.78, 5) is 15.6. The van der Waals surface area contributed by atoms with Gasteiger partial charge in [-0.1, -0.05) is 18.2 Å². The summed E-state index contributed by atoms with van der Waals surface area (Å²) in [5.41, 5.74) is 7.64. The molecule has 10 nitrogen and oxygen atoms in total. The lowest BCUT2D eigenvalue weighted by atomic mass is 10.00. The van der Waals surface area contributed by atoms with Gasteiger partial charge < -0.3 is 34.2 Å². The lowest BCUT2D eigenvalue weighted by Gasteiger charge is -2.28. The number of anilines is 4. The Morgan fingerprint density at radius 1 is 0.822 bits per heavy atom. The second-order valence-corrected chi connectivity index (χ2v) is 11.0. The van der Waals surface area contributed by atoms with Crippen LogP contribution in [0.25, 0.3) is 22.6 Å². The van der Waals surface area contributed by atoms with E-state index >= 15 is 0 Å². The number of benzene rings is 4. The van der Waals surface area contributed by atoms with E-state index in [2.05, 4.69) is 43.9 Å². The van der Waals surface area contributed by atoms with Gasteiger partial charge in [0, 0.05) is 32.1 Å². The molecule has 7 rings (SSSR count). The molecule has 1 aromatic heterocycles. The molecule has 4 aromatic carbocycles.